The molecule has 1 amide bonds. The van der Waals surface area contributed by atoms with Crippen molar-refractivity contribution in [2.45, 2.75) is 45.8 Å². The van der Waals surface area contributed by atoms with E-state index in [4.69, 9.17) is 4.74 Å². The molecule has 0 saturated carbocycles. The van der Waals surface area contributed by atoms with Crippen molar-refractivity contribution in [3.8, 4) is 5.75 Å². The van der Waals surface area contributed by atoms with E-state index < -0.39 is 17.8 Å². The van der Waals surface area contributed by atoms with Gasteiger partial charge in [0.2, 0.25) is 0 Å². The Morgan fingerprint density at radius 2 is 2.05 bits per heavy atom. The lowest BCUT2D eigenvalue weighted by atomic mass is 10.1. The summed E-state index contributed by atoms with van der Waals surface area (Å²) in [6.07, 6.45) is -0.800. The first-order valence-electron chi connectivity index (χ1n) is 6.17. The summed E-state index contributed by atoms with van der Waals surface area (Å²) in [7, 11) is 0. The molecule has 0 aromatic heterocycles. The Bertz CT molecular complexity index is 449. The highest BCUT2D eigenvalue weighted by Gasteiger charge is 2.17. The maximum absolute atomic E-state index is 11.7. The summed E-state index contributed by atoms with van der Waals surface area (Å²) in [4.78, 5) is 11.7. The predicted octanol–water partition coefficient (Wildman–Crippen LogP) is 2.66. The summed E-state index contributed by atoms with van der Waals surface area (Å²) in [5, 5.41) is 21.5. The highest BCUT2D eigenvalue weighted by molar-refractivity contribution is 5.86. The lowest BCUT2D eigenvalue weighted by Gasteiger charge is -2.20. The van der Waals surface area contributed by atoms with Gasteiger partial charge in [0.05, 0.1) is 6.10 Å². The molecular formula is C14H21NO4. The minimum absolute atomic E-state index is 0.0883. The van der Waals surface area contributed by atoms with E-state index in [1.54, 1.807) is 33.8 Å². The number of carbonyl (C=O) groups is 1. The minimum atomic E-state index is -0.578. The number of aromatic hydroxyl groups is 1. The lowest BCUT2D eigenvalue weighted by molar-refractivity contribution is 0.0635. The van der Waals surface area contributed by atoms with Gasteiger partial charge in [0.1, 0.15) is 11.4 Å². The van der Waals surface area contributed by atoms with E-state index in [-0.39, 0.29) is 5.75 Å². The van der Waals surface area contributed by atoms with Gasteiger partial charge >= 0.3 is 6.09 Å². The molecule has 0 heterocycles. The number of carbonyl (C=O) groups excluding carboxylic acids is 1. The van der Waals surface area contributed by atoms with Gasteiger partial charge in [-0.3, -0.25) is 5.32 Å². The van der Waals surface area contributed by atoms with E-state index in [9.17, 15) is 15.0 Å². The van der Waals surface area contributed by atoms with E-state index in [0.717, 1.165) is 0 Å². The molecule has 0 bridgehead atoms. The topological polar surface area (TPSA) is 78.8 Å². The van der Waals surface area contributed by atoms with E-state index in [2.05, 4.69) is 5.32 Å². The van der Waals surface area contributed by atoms with Gasteiger partial charge in [0, 0.05) is 12.1 Å². The summed E-state index contributed by atoms with van der Waals surface area (Å²) in [6.45, 7) is 6.97. The van der Waals surface area contributed by atoms with Crippen LogP contribution >= 0.6 is 0 Å². The number of nitrogens with one attached hydrogen (secondary N) is 1. The third kappa shape index (κ3) is 5.61. The zero-order valence-electron chi connectivity index (χ0n) is 11.7. The van der Waals surface area contributed by atoms with Gasteiger partial charge in [0.15, 0.2) is 0 Å². The van der Waals surface area contributed by atoms with E-state index in [1.165, 1.54) is 12.1 Å². The number of ether oxygens (including phenoxy) is 1. The van der Waals surface area contributed by atoms with E-state index in [0.29, 0.717) is 17.7 Å². The highest BCUT2D eigenvalue weighted by Crippen LogP contribution is 2.23. The molecule has 0 aliphatic heterocycles. The third-order valence-corrected chi connectivity index (χ3v) is 2.24. The predicted molar refractivity (Wildman–Crippen MR) is 73.3 cm³/mol. The van der Waals surface area contributed by atoms with Crippen LogP contribution in [0.2, 0.25) is 0 Å². The number of phenolic OH excluding ortho intramolecular Hbond substituents is 1. The SMILES string of the molecule is C[C@H](O)Cc1cc(O)ccc1NC(=O)OC(C)(C)C. The second-order valence-corrected chi connectivity index (χ2v) is 5.52. The number of phenols is 1. The summed E-state index contributed by atoms with van der Waals surface area (Å²) in [6, 6.07) is 4.56. The molecule has 0 radical (unpaired) electrons. The van der Waals surface area contributed by atoms with Gasteiger partial charge < -0.3 is 14.9 Å². The quantitative estimate of drug-likeness (QED) is 0.736. The first kappa shape index (κ1) is 15.3. The zero-order valence-corrected chi connectivity index (χ0v) is 11.7. The Balaban J connectivity index is 2.85. The van der Waals surface area contributed by atoms with Gasteiger partial charge in [-0.05, 0) is 51.5 Å². The monoisotopic (exact) mass is 267 g/mol. The molecular weight excluding hydrogens is 246 g/mol. The average Bonchev–Trinajstić information content (AvgIpc) is 2.18. The molecule has 0 saturated heterocycles. The van der Waals surface area contributed by atoms with Gasteiger partial charge in [0.25, 0.3) is 0 Å². The van der Waals surface area contributed by atoms with Gasteiger partial charge in [-0.2, -0.15) is 0 Å². The molecule has 5 nitrogen and oxygen atoms in total. The van der Waals surface area contributed by atoms with E-state index in [1.807, 2.05) is 0 Å². The van der Waals surface area contributed by atoms with Gasteiger partial charge in [-0.15, -0.1) is 0 Å². The Labute approximate surface area is 113 Å². The molecule has 0 unspecified atom stereocenters. The van der Waals surface area contributed by atoms with Crippen molar-refractivity contribution in [2.24, 2.45) is 0 Å². The lowest BCUT2D eigenvalue weighted by Crippen LogP contribution is -2.27. The fraction of sp³-hybridized carbons (Fsp3) is 0.500. The van der Waals surface area contributed by atoms with Crippen LogP contribution in [0.3, 0.4) is 0 Å². The Kier molecular flexibility index (Phi) is 4.78. The molecule has 5 heteroatoms. The summed E-state index contributed by atoms with van der Waals surface area (Å²) >= 11 is 0. The number of benzene rings is 1. The molecule has 1 aromatic rings. The summed E-state index contributed by atoms with van der Waals surface area (Å²) < 4.78 is 5.16. The Morgan fingerprint density at radius 3 is 2.58 bits per heavy atom. The number of amides is 1. The number of hydrogen-bond donors (Lipinski definition) is 3. The maximum atomic E-state index is 11.7. The van der Waals surface area contributed by atoms with Crippen LogP contribution in [-0.4, -0.2) is 28.0 Å². The average molecular weight is 267 g/mol. The largest absolute Gasteiger partial charge is 0.508 e. The van der Waals surface area contributed by atoms with Crippen molar-refractivity contribution < 1.29 is 19.7 Å². The molecule has 1 atom stereocenters. The van der Waals surface area contributed by atoms with Gasteiger partial charge in [-0.25, -0.2) is 4.79 Å². The van der Waals surface area contributed by atoms with Crippen LogP contribution in [0.1, 0.15) is 33.3 Å². The number of aliphatic hydroxyl groups excluding tert-OH is 1. The maximum Gasteiger partial charge on any atom is 0.412 e. The summed E-state index contributed by atoms with van der Waals surface area (Å²) in [5.74, 6) is 0.0883. The van der Waals surface area contributed by atoms with Crippen molar-refractivity contribution in [3.05, 3.63) is 23.8 Å². The van der Waals surface area contributed by atoms with Gasteiger partial charge in [-0.1, -0.05) is 0 Å². The molecule has 3 N–H and O–H groups in total. The number of rotatable bonds is 3. The number of hydrogen-bond acceptors (Lipinski definition) is 4. The normalized spacial score (nSPS) is 12.9. The second kappa shape index (κ2) is 5.93. The highest BCUT2D eigenvalue weighted by atomic mass is 16.6. The third-order valence-electron chi connectivity index (χ3n) is 2.24. The van der Waals surface area contributed by atoms with Crippen LogP contribution in [-0.2, 0) is 11.2 Å². The smallest absolute Gasteiger partial charge is 0.412 e. The van der Waals surface area contributed by atoms with Crippen LogP contribution in [0, 0.1) is 0 Å². The number of anilines is 1. The minimum Gasteiger partial charge on any atom is -0.508 e. The van der Waals surface area contributed by atoms with Crippen LogP contribution in [0.4, 0.5) is 10.5 Å². The van der Waals surface area contributed by atoms with Crippen LogP contribution in [0.5, 0.6) is 5.75 Å². The Hall–Kier alpha value is -1.75. The standard InChI is InChI=1S/C14H21NO4/c1-9(16)7-10-8-11(17)5-6-12(10)15-13(18)19-14(2,3)4/h5-6,8-9,16-17H,7H2,1-4H3,(H,15,18)/t9-/m0/s1. The van der Waals surface area contributed by atoms with Crippen molar-refractivity contribution in [1.29, 1.82) is 0 Å². The molecule has 0 aliphatic rings. The van der Waals surface area contributed by atoms with Crippen LogP contribution < -0.4 is 5.32 Å². The molecule has 0 aliphatic carbocycles. The first-order valence-corrected chi connectivity index (χ1v) is 6.17. The second-order valence-electron chi connectivity index (χ2n) is 5.52. The fourth-order valence-corrected chi connectivity index (χ4v) is 1.60. The Morgan fingerprint density at radius 1 is 1.42 bits per heavy atom. The van der Waals surface area contributed by atoms with Crippen molar-refractivity contribution in [3.63, 3.8) is 0 Å². The zero-order chi connectivity index (χ0) is 14.6. The summed E-state index contributed by atoms with van der Waals surface area (Å²) in [5.41, 5.74) is 0.597. The molecule has 106 valence electrons. The molecule has 0 fully saturated rings. The number of aliphatic hydroxyl groups is 1. The van der Waals surface area contributed by atoms with E-state index >= 15 is 0 Å². The van der Waals surface area contributed by atoms with Crippen molar-refractivity contribution in [1.82, 2.24) is 0 Å². The van der Waals surface area contributed by atoms with Crippen molar-refractivity contribution >= 4 is 11.8 Å². The molecule has 1 rings (SSSR count). The first-order chi connectivity index (χ1) is 8.67. The molecule has 19 heavy (non-hydrogen) atoms. The fourth-order valence-electron chi connectivity index (χ4n) is 1.60. The van der Waals surface area contributed by atoms with Crippen LogP contribution in [0.15, 0.2) is 18.2 Å². The van der Waals surface area contributed by atoms with Crippen molar-refractivity contribution in [2.75, 3.05) is 5.32 Å². The van der Waals surface area contributed by atoms with Crippen LogP contribution in [0.25, 0.3) is 0 Å². The molecule has 0 spiro atoms. The molecule has 1 aromatic carbocycles.